The number of hydrogen-bond donors (Lipinski definition) is 2. The summed E-state index contributed by atoms with van der Waals surface area (Å²) < 4.78 is 29.1. The fourth-order valence-corrected chi connectivity index (χ4v) is 4.90. The fourth-order valence-electron chi connectivity index (χ4n) is 3.39. The van der Waals surface area contributed by atoms with Gasteiger partial charge in [-0.25, -0.2) is 13.1 Å². The molecule has 3 N–H and O–H groups in total. The Balaban J connectivity index is 1.84. The summed E-state index contributed by atoms with van der Waals surface area (Å²) in [6, 6.07) is 21.1. The molecular formula is C22H26N2O2S. The van der Waals surface area contributed by atoms with Gasteiger partial charge in [0.1, 0.15) is 0 Å². The predicted molar refractivity (Wildman–Crippen MR) is 111 cm³/mol. The molecule has 0 saturated carbocycles. The zero-order chi connectivity index (χ0) is 19.3. The van der Waals surface area contributed by atoms with Crippen LogP contribution in [-0.4, -0.2) is 21.0 Å². The first-order valence-corrected chi connectivity index (χ1v) is 10.7. The van der Waals surface area contributed by atoms with Gasteiger partial charge in [0, 0.05) is 11.4 Å². The Kier molecular flexibility index (Phi) is 6.26. The van der Waals surface area contributed by atoms with Crippen molar-refractivity contribution in [1.82, 2.24) is 4.72 Å². The normalized spacial score (nSPS) is 13.0. The average Bonchev–Trinajstić information content (AvgIpc) is 2.67. The molecule has 0 heterocycles. The van der Waals surface area contributed by atoms with Crippen LogP contribution in [0.4, 0.5) is 0 Å². The molecule has 0 aliphatic heterocycles. The number of nitrogens with one attached hydrogen (secondary N) is 1. The minimum atomic E-state index is -3.63. The van der Waals surface area contributed by atoms with Crippen molar-refractivity contribution >= 4 is 20.8 Å². The van der Waals surface area contributed by atoms with Crippen LogP contribution < -0.4 is 10.5 Å². The van der Waals surface area contributed by atoms with E-state index in [1.54, 1.807) is 6.07 Å². The molecule has 0 bridgehead atoms. The Morgan fingerprint density at radius 2 is 1.56 bits per heavy atom. The van der Waals surface area contributed by atoms with E-state index in [1.807, 2.05) is 55.5 Å². The Morgan fingerprint density at radius 1 is 0.889 bits per heavy atom. The van der Waals surface area contributed by atoms with Crippen LogP contribution in [0.2, 0.25) is 0 Å². The van der Waals surface area contributed by atoms with Crippen LogP contribution in [0.1, 0.15) is 24.0 Å². The molecule has 4 nitrogen and oxygen atoms in total. The number of aryl methyl sites for hydroxylation is 2. The highest BCUT2D eigenvalue weighted by Crippen LogP contribution is 2.26. The van der Waals surface area contributed by atoms with Gasteiger partial charge < -0.3 is 5.73 Å². The molecule has 0 spiro atoms. The van der Waals surface area contributed by atoms with E-state index < -0.39 is 10.0 Å². The van der Waals surface area contributed by atoms with E-state index in [1.165, 1.54) is 5.56 Å². The Hall–Kier alpha value is -2.21. The van der Waals surface area contributed by atoms with Crippen LogP contribution in [0.15, 0.2) is 71.6 Å². The van der Waals surface area contributed by atoms with Crippen molar-refractivity contribution in [2.24, 2.45) is 5.73 Å². The number of rotatable bonds is 8. The summed E-state index contributed by atoms with van der Waals surface area (Å²) in [7, 11) is -3.63. The van der Waals surface area contributed by atoms with Crippen LogP contribution in [0.3, 0.4) is 0 Å². The predicted octanol–water partition coefficient (Wildman–Crippen LogP) is 3.78. The molecule has 3 aromatic rings. The van der Waals surface area contributed by atoms with Gasteiger partial charge in [0.05, 0.1) is 4.90 Å². The molecule has 0 aliphatic rings. The molecule has 0 radical (unpaired) electrons. The molecule has 1 atom stereocenters. The van der Waals surface area contributed by atoms with E-state index in [0.717, 1.165) is 22.8 Å². The molecule has 0 fully saturated rings. The minimum absolute atomic E-state index is 0.194. The molecule has 0 aromatic heterocycles. The maximum atomic E-state index is 13.1. The molecule has 5 heteroatoms. The number of benzene rings is 3. The van der Waals surface area contributed by atoms with E-state index in [9.17, 15) is 8.42 Å². The smallest absolute Gasteiger partial charge is 0.241 e. The second-order valence-corrected chi connectivity index (χ2v) is 8.53. The molecular weight excluding hydrogens is 356 g/mol. The van der Waals surface area contributed by atoms with E-state index >= 15 is 0 Å². The van der Waals surface area contributed by atoms with Crippen LogP contribution in [0, 0.1) is 6.92 Å². The summed E-state index contributed by atoms with van der Waals surface area (Å²) in [6.45, 7) is 2.43. The van der Waals surface area contributed by atoms with E-state index in [0.29, 0.717) is 24.3 Å². The van der Waals surface area contributed by atoms with Crippen molar-refractivity contribution in [3.63, 3.8) is 0 Å². The summed E-state index contributed by atoms with van der Waals surface area (Å²) >= 11 is 0. The molecule has 3 aromatic carbocycles. The Labute approximate surface area is 161 Å². The Morgan fingerprint density at radius 3 is 2.26 bits per heavy atom. The lowest BCUT2D eigenvalue weighted by molar-refractivity contribution is 0.507. The molecule has 1 unspecified atom stereocenters. The molecule has 142 valence electrons. The lowest BCUT2D eigenvalue weighted by Gasteiger charge is -2.19. The largest absolute Gasteiger partial charge is 0.330 e. The lowest BCUT2D eigenvalue weighted by atomic mass is 10.0. The van der Waals surface area contributed by atoms with Gasteiger partial charge in [0.25, 0.3) is 0 Å². The summed E-state index contributed by atoms with van der Waals surface area (Å²) in [5.74, 6) is 0. The van der Waals surface area contributed by atoms with Crippen molar-refractivity contribution in [1.29, 1.82) is 0 Å². The highest BCUT2D eigenvalue weighted by atomic mass is 32.2. The standard InChI is InChI=1S/C22H26N2O2S/c1-17-11-14-22(21-10-6-5-9-20(17)21)27(25,26)24-19(15-16-23)13-12-18-7-3-2-4-8-18/h2-11,14,19,24H,12-13,15-16,23H2,1H3. The SMILES string of the molecule is Cc1ccc(S(=O)(=O)NC(CCN)CCc2ccccc2)c2ccccc12. The third kappa shape index (κ3) is 4.75. The van der Waals surface area contributed by atoms with E-state index in [-0.39, 0.29) is 6.04 Å². The van der Waals surface area contributed by atoms with E-state index in [2.05, 4.69) is 16.9 Å². The van der Waals surface area contributed by atoms with Crippen LogP contribution in [-0.2, 0) is 16.4 Å². The first-order chi connectivity index (χ1) is 13.0. The summed E-state index contributed by atoms with van der Waals surface area (Å²) in [6.07, 6.45) is 2.13. The van der Waals surface area contributed by atoms with Gasteiger partial charge in [-0.05, 0) is 55.3 Å². The summed E-state index contributed by atoms with van der Waals surface area (Å²) in [4.78, 5) is 0.324. The van der Waals surface area contributed by atoms with Gasteiger partial charge in [-0.15, -0.1) is 0 Å². The van der Waals surface area contributed by atoms with Crippen molar-refractivity contribution in [2.45, 2.75) is 37.1 Å². The van der Waals surface area contributed by atoms with Crippen LogP contribution in [0.25, 0.3) is 10.8 Å². The number of fused-ring (bicyclic) bond motifs is 1. The first-order valence-electron chi connectivity index (χ1n) is 9.26. The van der Waals surface area contributed by atoms with Crippen molar-refractivity contribution in [2.75, 3.05) is 6.54 Å². The summed E-state index contributed by atoms with van der Waals surface area (Å²) in [5, 5.41) is 1.71. The third-order valence-corrected chi connectivity index (χ3v) is 6.43. The van der Waals surface area contributed by atoms with Gasteiger partial charge in [-0.2, -0.15) is 0 Å². The third-order valence-electron chi connectivity index (χ3n) is 4.85. The molecule has 27 heavy (non-hydrogen) atoms. The van der Waals surface area contributed by atoms with Crippen molar-refractivity contribution < 1.29 is 8.42 Å². The highest BCUT2D eigenvalue weighted by Gasteiger charge is 2.22. The zero-order valence-electron chi connectivity index (χ0n) is 15.6. The fraction of sp³-hybridized carbons (Fsp3) is 0.273. The molecule has 3 rings (SSSR count). The second kappa shape index (κ2) is 8.65. The van der Waals surface area contributed by atoms with Gasteiger partial charge in [0.2, 0.25) is 10.0 Å². The monoisotopic (exact) mass is 382 g/mol. The maximum absolute atomic E-state index is 13.1. The van der Waals surface area contributed by atoms with Gasteiger partial charge in [-0.1, -0.05) is 60.7 Å². The van der Waals surface area contributed by atoms with Crippen LogP contribution in [0.5, 0.6) is 0 Å². The molecule has 0 aliphatic carbocycles. The second-order valence-electron chi connectivity index (χ2n) is 6.85. The zero-order valence-corrected chi connectivity index (χ0v) is 16.4. The number of nitrogens with two attached hydrogens (primary N) is 1. The lowest BCUT2D eigenvalue weighted by Crippen LogP contribution is -2.36. The van der Waals surface area contributed by atoms with Gasteiger partial charge >= 0.3 is 0 Å². The van der Waals surface area contributed by atoms with E-state index in [4.69, 9.17) is 5.73 Å². The summed E-state index contributed by atoms with van der Waals surface area (Å²) in [5.41, 5.74) is 7.99. The number of hydrogen-bond acceptors (Lipinski definition) is 3. The van der Waals surface area contributed by atoms with Crippen molar-refractivity contribution in [3.8, 4) is 0 Å². The minimum Gasteiger partial charge on any atom is -0.330 e. The number of sulfonamides is 1. The van der Waals surface area contributed by atoms with Crippen molar-refractivity contribution in [3.05, 3.63) is 77.9 Å². The highest BCUT2D eigenvalue weighted by molar-refractivity contribution is 7.89. The van der Waals surface area contributed by atoms with Gasteiger partial charge in [-0.3, -0.25) is 0 Å². The van der Waals surface area contributed by atoms with Gasteiger partial charge in [0.15, 0.2) is 0 Å². The molecule has 0 amide bonds. The maximum Gasteiger partial charge on any atom is 0.241 e. The quantitative estimate of drug-likeness (QED) is 0.623. The van der Waals surface area contributed by atoms with Crippen LogP contribution >= 0.6 is 0 Å². The first kappa shape index (κ1) is 19.5. The molecule has 0 saturated heterocycles. The Bertz CT molecular complexity index is 1000. The topological polar surface area (TPSA) is 72.2 Å². The average molecular weight is 383 g/mol.